The van der Waals surface area contributed by atoms with Gasteiger partial charge in [0.2, 0.25) is 5.95 Å². The van der Waals surface area contributed by atoms with E-state index in [0.29, 0.717) is 24.0 Å². The number of hydrogen-bond acceptors (Lipinski definition) is 6. The summed E-state index contributed by atoms with van der Waals surface area (Å²) in [6, 6.07) is 13.1. The Hall–Kier alpha value is -3.61. The van der Waals surface area contributed by atoms with E-state index in [0.717, 1.165) is 22.4 Å². The molecule has 0 bridgehead atoms. The average Bonchev–Trinajstić information content (AvgIpc) is 2.71. The molecule has 7 heteroatoms. The van der Waals surface area contributed by atoms with Crippen LogP contribution >= 0.6 is 0 Å². The van der Waals surface area contributed by atoms with Gasteiger partial charge in [-0.1, -0.05) is 12.1 Å². The van der Waals surface area contributed by atoms with Gasteiger partial charge in [0.15, 0.2) is 11.5 Å². The quantitative estimate of drug-likeness (QED) is 0.633. The minimum absolute atomic E-state index is 0.286. The first kappa shape index (κ1) is 20.1. The van der Waals surface area contributed by atoms with E-state index in [1.54, 1.807) is 26.5 Å². The minimum atomic E-state index is -0.286. The van der Waals surface area contributed by atoms with Gasteiger partial charge in [-0.25, -0.2) is 9.97 Å². The van der Waals surface area contributed by atoms with Crippen LogP contribution in [0.15, 0.2) is 48.7 Å². The Balaban J connectivity index is 1.68. The van der Waals surface area contributed by atoms with Crippen molar-refractivity contribution in [1.82, 2.24) is 9.97 Å². The standard InChI is InChI=1S/C22H24N4O3/c1-14-9-15(2)11-17(10-14)25-21(27)18-7-8-23-22(26-18)24-13-16-5-6-19(28-3)20(12-16)29-4/h5-12H,13H2,1-4H3,(H,25,27)(H,23,24,26). The molecule has 1 heterocycles. The lowest BCUT2D eigenvalue weighted by Gasteiger charge is -2.11. The Labute approximate surface area is 170 Å². The van der Waals surface area contributed by atoms with E-state index in [9.17, 15) is 4.79 Å². The van der Waals surface area contributed by atoms with Crippen molar-refractivity contribution in [2.24, 2.45) is 0 Å². The number of hydrogen-bond donors (Lipinski definition) is 2. The normalized spacial score (nSPS) is 10.3. The molecular weight excluding hydrogens is 368 g/mol. The van der Waals surface area contributed by atoms with Gasteiger partial charge < -0.3 is 20.1 Å². The van der Waals surface area contributed by atoms with Crippen LogP contribution in [0, 0.1) is 13.8 Å². The monoisotopic (exact) mass is 392 g/mol. The molecular formula is C22H24N4O3. The highest BCUT2D eigenvalue weighted by molar-refractivity contribution is 6.03. The molecule has 0 saturated heterocycles. The molecule has 0 atom stereocenters. The summed E-state index contributed by atoms with van der Waals surface area (Å²) >= 11 is 0. The summed E-state index contributed by atoms with van der Waals surface area (Å²) < 4.78 is 10.6. The fourth-order valence-corrected chi connectivity index (χ4v) is 2.98. The summed E-state index contributed by atoms with van der Waals surface area (Å²) in [5.41, 5.74) is 4.16. The number of carbonyl (C=O) groups excluding carboxylic acids is 1. The maximum absolute atomic E-state index is 12.6. The van der Waals surface area contributed by atoms with Crippen molar-refractivity contribution in [1.29, 1.82) is 0 Å². The second-order valence-corrected chi connectivity index (χ2v) is 6.64. The number of nitrogens with zero attached hydrogens (tertiary/aromatic N) is 2. The Morgan fingerprint density at radius 2 is 1.69 bits per heavy atom. The second kappa shape index (κ2) is 9.05. The van der Waals surface area contributed by atoms with Gasteiger partial charge in [0.1, 0.15) is 5.69 Å². The van der Waals surface area contributed by atoms with Gasteiger partial charge in [-0.3, -0.25) is 4.79 Å². The smallest absolute Gasteiger partial charge is 0.274 e. The van der Waals surface area contributed by atoms with Gasteiger partial charge in [0, 0.05) is 18.4 Å². The van der Waals surface area contributed by atoms with Crippen LogP contribution in [0.25, 0.3) is 0 Å². The summed E-state index contributed by atoms with van der Waals surface area (Å²) in [4.78, 5) is 21.1. The summed E-state index contributed by atoms with van der Waals surface area (Å²) in [7, 11) is 3.19. The third-order valence-electron chi connectivity index (χ3n) is 4.27. The van der Waals surface area contributed by atoms with Crippen LogP contribution in [0.4, 0.5) is 11.6 Å². The lowest BCUT2D eigenvalue weighted by Crippen LogP contribution is -2.15. The Kier molecular flexibility index (Phi) is 6.29. The molecule has 29 heavy (non-hydrogen) atoms. The largest absolute Gasteiger partial charge is 0.493 e. The Morgan fingerprint density at radius 3 is 2.38 bits per heavy atom. The molecule has 0 aliphatic rings. The lowest BCUT2D eigenvalue weighted by atomic mass is 10.1. The number of benzene rings is 2. The number of amides is 1. The highest BCUT2D eigenvalue weighted by Crippen LogP contribution is 2.27. The average molecular weight is 392 g/mol. The number of anilines is 2. The molecule has 7 nitrogen and oxygen atoms in total. The molecule has 3 aromatic rings. The number of rotatable bonds is 7. The van der Waals surface area contributed by atoms with E-state index in [-0.39, 0.29) is 11.6 Å². The first-order valence-corrected chi connectivity index (χ1v) is 9.16. The number of ether oxygens (including phenoxy) is 2. The van der Waals surface area contributed by atoms with E-state index in [1.165, 1.54) is 0 Å². The van der Waals surface area contributed by atoms with Crippen LogP contribution in [-0.2, 0) is 6.54 Å². The predicted molar refractivity (Wildman–Crippen MR) is 113 cm³/mol. The topological polar surface area (TPSA) is 85.4 Å². The molecule has 0 fully saturated rings. The number of methoxy groups -OCH3 is 2. The zero-order valence-corrected chi connectivity index (χ0v) is 16.9. The van der Waals surface area contributed by atoms with Crippen molar-refractivity contribution in [2.45, 2.75) is 20.4 Å². The first-order chi connectivity index (χ1) is 14.0. The summed E-state index contributed by atoms with van der Waals surface area (Å²) in [5, 5.41) is 6.01. The SMILES string of the molecule is COc1ccc(CNc2nccc(C(=O)Nc3cc(C)cc(C)c3)n2)cc1OC. The molecule has 1 aromatic heterocycles. The number of aryl methyl sites for hydroxylation is 2. The third-order valence-corrected chi connectivity index (χ3v) is 4.27. The van der Waals surface area contributed by atoms with Gasteiger partial charge >= 0.3 is 0 Å². The van der Waals surface area contributed by atoms with Gasteiger partial charge in [-0.15, -0.1) is 0 Å². The summed E-state index contributed by atoms with van der Waals surface area (Å²) in [5.74, 6) is 1.39. The fourth-order valence-electron chi connectivity index (χ4n) is 2.98. The van der Waals surface area contributed by atoms with Crippen molar-refractivity contribution >= 4 is 17.5 Å². The molecule has 0 spiro atoms. The highest BCUT2D eigenvalue weighted by atomic mass is 16.5. The van der Waals surface area contributed by atoms with Gasteiger partial charge in [-0.05, 0) is 60.9 Å². The zero-order valence-electron chi connectivity index (χ0n) is 16.9. The van der Waals surface area contributed by atoms with E-state index in [1.807, 2.05) is 44.2 Å². The third kappa shape index (κ3) is 5.22. The van der Waals surface area contributed by atoms with Crippen LogP contribution < -0.4 is 20.1 Å². The molecule has 1 amide bonds. The van der Waals surface area contributed by atoms with E-state index >= 15 is 0 Å². The molecule has 0 radical (unpaired) electrons. The molecule has 2 aromatic carbocycles. The first-order valence-electron chi connectivity index (χ1n) is 9.16. The molecule has 0 aliphatic carbocycles. The van der Waals surface area contributed by atoms with E-state index in [2.05, 4.69) is 26.7 Å². The van der Waals surface area contributed by atoms with Gasteiger partial charge in [0.05, 0.1) is 14.2 Å². The second-order valence-electron chi connectivity index (χ2n) is 6.64. The molecule has 3 rings (SSSR count). The van der Waals surface area contributed by atoms with Crippen molar-refractivity contribution in [3.8, 4) is 11.5 Å². The van der Waals surface area contributed by atoms with Crippen LogP contribution in [0.5, 0.6) is 11.5 Å². The summed E-state index contributed by atoms with van der Waals surface area (Å²) in [6.45, 7) is 4.45. The molecule has 2 N–H and O–H groups in total. The minimum Gasteiger partial charge on any atom is -0.493 e. The number of aromatic nitrogens is 2. The zero-order chi connectivity index (χ0) is 20.8. The van der Waals surface area contributed by atoms with Crippen molar-refractivity contribution < 1.29 is 14.3 Å². The summed E-state index contributed by atoms with van der Waals surface area (Å²) in [6.07, 6.45) is 1.56. The van der Waals surface area contributed by atoms with Crippen LogP contribution in [0.1, 0.15) is 27.2 Å². The number of nitrogens with one attached hydrogen (secondary N) is 2. The predicted octanol–water partition coefficient (Wildman–Crippen LogP) is 3.98. The maximum atomic E-state index is 12.6. The van der Waals surface area contributed by atoms with Crippen LogP contribution in [-0.4, -0.2) is 30.1 Å². The molecule has 0 aliphatic heterocycles. The Bertz CT molecular complexity index is 1000. The Morgan fingerprint density at radius 1 is 0.966 bits per heavy atom. The molecule has 150 valence electrons. The van der Waals surface area contributed by atoms with Crippen molar-refractivity contribution in [2.75, 3.05) is 24.9 Å². The fraction of sp³-hybridized carbons (Fsp3) is 0.227. The number of carbonyl (C=O) groups is 1. The van der Waals surface area contributed by atoms with E-state index < -0.39 is 0 Å². The molecule has 0 unspecified atom stereocenters. The van der Waals surface area contributed by atoms with Gasteiger partial charge in [0.25, 0.3) is 5.91 Å². The molecule has 0 saturated carbocycles. The highest BCUT2D eigenvalue weighted by Gasteiger charge is 2.10. The lowest BCUT2D eigenvalue weighted by molar-refractivity contribution is 0.102. The van der Waals surface area contributed by atoms with Crippen molar-refractivity contribution in [3.05, 3.63) is 71.0 Å². The van der Waals surface area contributed by atoms with Crippen molar-refractivity contribution in [3.63, 3.8) is 0 Å². The van der Waals surface area contributed by atoms with Crippen LogP contribution in [0.3, 0.4) is 0 Å². The van der Waals surface area contributed by atoms with E-state index in [4.69, 9.17) is 9.47 Å². The van der Waals surface area contributed by atoms with Crippen LogP contribution in [0.2, 0.25) is 0 Å². The maximum Gasteiger partial charge on any atom is 0.274 e. The van der Waals surface area contributed by atoms with Gasteiger partial charge in [-0.2, -0.15) is 0 Å².